The van der Waals surface area contributed by atoms with Gasteiger partial charge in [-0.1, -0.05) is 11.6 Å². The lowest BCUT2D eigenvalue weighted by molar-refractivity contribution is -0.170. The van der Waals surface area contributed by atoms with Crippen molar-refractivity contribution in [1.82, 2.24) is 0 Å². The highest BCUT2D eigenvalue weighted by Crippen LogP contribution is 2.26. The predicted molar refractivity (Wildman–Crippen MR) is 60.9 cm³/mol. The van der Waals surface area contributed by atoms with E-state index in [0.29, 0.717) is 4.90 Å². The molecule has 0 heterocycles. The molecule has 1 aromatic carbocycles. The molecule has 0 aliphatic rings. The van der Waals surface area contributed by atoms with Crippen LogP contribution < -0.4 is 4.90 Å². The highest BCUT2D eigenvalue weighted by atomic mass is 35.5. The van der Waals surface area contributed by atoms with Crippen LogP contribution >= 0.6 is 11.6 Å². The largest absolute Gasteiger partial charge is 0.471 e. The maximum absolute atomic E-state index is 12.2. The van der Waals surface area contributed by atoms with Crippen molar-refractivity contribution in [3.05, 3.63) is 28.8 Å². The van der Waals surface area contributed by atoms with Gasteiger partial charge in [0, 0.05) is 18.3 Å². The summed E-state index contributed by atoms with van der Waals surface area (Å²) in [5, 5.41) is 0.124. The zero-order chi connectivity index (χ0) is 14.1. The number of anilines is 1. The highest BCUT2D eigenvalue weighted by molar-refractivity contribution is 6.34. The lowest BCUT2D eigenvalue weighted by Crippen LogP contribution is -2.38. The number of nitrogens with zero attached hydrogens (tertiary/aromatic N) is 1. The molecule has 0 spiro atoms. The fourth-order valence-electron chi connectivity index (χ4n) is 1.30. The molecule has 0 aromatic heterocycles. The summed E-state index contributed by atoms with van der Waals surface area (Å²) >= 11 is 5.72. The minimum absolute atomic E-state index is 0.0491. The molecule has 0 saturated carbocycles. The van der Waals surface area contributed by atoms with Gasteiger partial charge < -0.3 is 4.90 Å². The van der Waals surface area contributed by atoms with Gasteiger partial charge in [-0.15, -0.1) is 0 Å². The number of halogens is 4. The first-order valence-corrected chi connectivity index (χ1v) is 5.17. The molecule has 0 bridgehead atoms. The van der Waals surface area contributed by atoms with Crippen LogP contribution in [0.25, 0.3) is 0 Å². The number of hydrogen-bond acceptors (Lipinski definition) is 2. The summed E-state index contributed by atoms with van der Waals surface area (Å²) in [6.45, 7) is 1.23. The molecule has 0 atom stereocenters. The number of amides is 1. The van der Waals surface area contributed by atoms with Gasteiger partial charge in [0.05, 0.1) is 5.02 Å². The molecule has 3 nitrogen and oxygen atoms in total. The van der Waals surface area contributed by atoms with Crippen LogP contribution in [-0.2, 0) is 4.79 Å². The van der Waals surface area contributed by atoms with E-state index >= 15 is 0 Å². The van der Waals surface area contributed by atoms with Crippen LogP contribution in [0.4, 0.5) is 18.9 Å². The fourth-order valence-corrected chi connectivity index (χ4v) is 1.55. The minimum atomic E-state index is -4.97. The van der Waals surface area contributed by atoms with Crippen molar-refractivity contribution >= 4 is 29.0 Å². The maximum atomic E-state index is 12.2. The Morgan fingerprint density at radius 3 is 2.28 bits per heavy atom. The summed E-state index contributed by atoms with van der Waals surface area (Å²) in [6, 6.07) is 3.65. The second kappa shape index (κ2) is 4.97. The Bertz CT molecular complexity index is 500. The number of carbonyl (C=O) groups is 2. The Kier molecular flexibility index (Phi) is 4.01. The van der Waals surface area contributed by atoms with Crippen molar-refractivity contribution in [1.29, 1.82) is 0 Å². The average molecular weight is 280 g/mol. The normalized spacial score (nSPS) is 11.2. The molecule has 0 N–H and O–H groups in total. The van der Waals surface area contributed by atoms with Crippen LogP contribution in [0.15, 0.2) is 18.2 Å². The summed E-state index contributed by atoms with van der Waals surface area (Å²) < 4.78 is 36.7. The predicted octanol–water partition coefficient (Wildman–Crippen LogP) is 3.07. The first-order chi connectivity index (χ1) is 8.14. The van der Waals surface area contributed by atoms with E-state index in [-0.39, 0.29) is 16.3 Å². The topological polar surface area (TPSA) is 37.4 Å². The van der Waals surface area contributed by atoms with Crippen molar-refractivity contribution in [2.75, 3.05) is 11.9 Å². The van der Waals surface area contributed by atoms with Crippen LogP contribution in [0, 0.1) is 0 Å². The second-order valence-electron chi connectivity index (χ2n) is 3.58. The van der Waals surface area contributed by atoms with Crippen molar-refractivity contribution in [2.45, 2.75) is 13.1 Å². The zero-order valence-corrected chi connectivity index (χ0v) is 10.3. The highest BCUT2D eigenvalue weighted by Gasteiger charge is 2.41. The van der Waals surface area contributed by atoms with Gasteiger partial charge in [0.25, 0.3) is 0 Å². The molecule has 1 aromatic rings. The molecule has 0 unspecified atom stereocenters. The first kappa shape index (κ1) is 14.5. The van der Waals surface area contributed by atoms with E-state index in [1.807, 2.05) is 0 Å². The smallest absolute Gasteiger partial charge is 0.308 e. The monoisotopic (exact) mass is 279 g/mol. The molecule has 0 fully saturated rings. The standard InChI is InChI=1S/C11H9ClF3NO2/c1-6(17)8-5-7(3-4-9(8)12)16(2)10(18)11(13,14)15/h3-5H,1-2H3. The Labute approximate surface area is 106 Å². The molecule has 98 valence electrons. The lowest BCUT2D eigenvalue weighted by Gasteiger charge is -2.19. The number of alkyl halides is 3. The van der Waals surface area contributed by atoms with Crippen molar-refractivity contribution in [3.63, 3.8) is 0 Å². The van der Waals surface area contributed by atoms with E-state index in [0.717, 1.165) is 13.1 Å². The van der Waals surface area contributed by atoms with E-state index in [1.54, 1.807) is 0 Å². The molecule has 0 radical (unpaired) electrons. The molecule has 1 amide bonds. The number of benzene rings is 1. The SMILES string of the molecule is CC(=O)c1cc(N(C)C(=O)C(F)(F)F)ccc1Cl. The lowest BCUT2D eigenvalue weighted by atomic mass is 10.1. The van der Waals surface area contributed by atoms with Gasteiger partial charge in [-0.05, 0) is 25.1 Å². The summed E-state index contributed by atoms with van der Waals surface area (Å²) in [7, 11) is 0.975. The Morgan fingerprint density at radius 1 is 1.28 bits per heavy atom. The fraction of sp³-hybridized carbons (Fsp3) is 0.273. The van der Waals surface area contributed by atoms with Crippen molar-refractivity contribution in [3.8, 4) is 0 Å². The number of Topliss-reactive ketones (excluding diaryl/α,β-unsaturated/α-hetero) is 1. The van der Waals surface area contributed by atoms with Gasteiger partial charge in [0.2, 0.25) is 0 Å². The first-order valence-electron chi connectivity index (χ1n) is 4.80. The van der Waals surface area contributed by atoms with Gasteiger partial charge in [0.15, 0.2) is 5.78 Å². The quantitative estimate of drug-likeness (QED) is 0.780. The third kappa shape index (κ3) is 3.01. The van der Waals surface area contributed by atoms with E-state index in [2.05, 4.69) is 0 Å². The van der Waals surface area contributed by atoms with E-state index < -0.39 is 17.9 Å². The van der Waals surface area contributed by atoms with Gasteiger partial charge in [-0.3, -0.25) is 9.59 Å². The van der Waals surface area contributed by atoms with Crippen LogP contribution in [-0.4, -0.2) is 24.9 Å². The summed E-state index contributed by atoms with van der Waals surface area (Å²) in [5.74, 6) is -2.41. The third-order valence-electron chi connectivity index (χ3n) is 2.26. The van der Waals surface area contributed by atoms with E-state index in [4.69, 9.17) is 11.6 Å². The third-order valence-corrected chi connectivity index (χ3v) is 2.59. The number of hydrogen-bond donors (Lipinski definition) is 0. The molecule has 18 heavy (non-hydrogen) atoms. The molecular formula is C11H9ClF3NO2. The number of rotatable bonds is 2. The van der Waals surface area contributed by atoms with Crippen LogP contribution in [0.3, 0.4) is 0 Å². The maximum Gasteiger partial charge on any atom is 0.471 e. The summed E-state index contributed by atoms with van der Waals surface area (Å²) in [5.41, 5.74) is 0.0166. The van der Waals surface area contributed by atoms with Gasteiger partial charge in [0.1, 0.15) is 0 Å². The Balaban J connectivity index is 3.15. The van der Waals surface area contributed by atoms with Crippen LogP contribution in [0.2, 0.25) is 5.02 Å². The zero-order valence-electron chi connectivity index (χ0n) is 9.51. The van der Waals surface area contributed by atoms with Crippen molar-refractivity contribution in [2.24, 2.45) is 0 Å². The number of ketones is 1. The van der Waals surface area contributed by atoms with Crippen LogP contribution in [0.5, 0.6) is 0 Å². The van der Waals surface area contributed by atoms with Gasteiger partial charge >= 0.3 is 12.1 Å². The average Bonchev–Trinajstić information content (AvgIpc) is 2.26. The van der Waals surface area contributed by atoms with Gasteiger partial charge in [-0.25, -0.2) is 0 Å². The second-order valence-corrected chi connectivity index (χ2v) is 3.99. The Morgan fingerprint density at radius 2 is 1.83 bits per heavy atom. The van der Waals surface area contributed by atoms with Gasteiger partial charge in [-0.2, -0.15) is 13.2 Å². The minimum Gasteiger partial charge on any atom is -0.308 e. The number of carbonyl (C=O) groups excluding carboxylic acids is 2. The molecule has 7 heteroatoms. The molecule has 0 aliphatic carbocycles. The molecule has 1 rings (SSSR count). The van der Waals surface area contributed by atoms with E-state index in [1.165, 1.54) is 19.1 Å². The molecule has 0 saturated heterocycles. The molecule has 0 aliphatic heterocycles. The molecular weight excluding hydrogens is 271 g/mol. The van der Waals surface area contributed by atoms with Crippen LogP contribution in [0.1, 0.15) is 17.3 Å². The Hall–Kier alpha value is -1.56. The summed E-state index contributed by atoms with van der Waals surface area (Å²) in [4.78, 5) is 22.6. The summed E-state index contributed by atoms with van der Waals surface area (Å²) in [6.07, 6.45) is -4.97. The van der Waals surface area contributed by atoms with Crippen molar-refractivity contribution < 1.29 is 22.8 Å². The van der Waals surface area contributed by atoms with E-state index in [9.17, 15) is 22.8 Å².